The molecule has 17 heavy (non-hydrogen) atoms. The van der Waals surface area contributed by atoms with E-state index in [1.165, 1.54) is 51.9 Å². The van der Waals surface area contributed by atoms with E-state index in [0.717, 1.165) is 6.61 Å². The first-order valence-corrected chi connectivity index (χ1v) is 7.16. The number of nitrogens with one attached hydrogen (secondary N) is 3. The van der Waals surface area contributed by atoms with E-state index in [-0.39, 0.29) is 0 Å². The molecule has 3 unspecified atom stereocenters. The topological polar surface area (TPSA) is 45.3 Å². The van der Waals surface area contributed by atoms with Crippen LogP contribution < -0.4 is 16.0 Å². The first-order chi connectivity index (χ1) is 8.35. The fraction of sp³-hybridized carbons (Fsp3) is 1.00. The highest BCUT2D eigenvalue weighted by Gasteiger charge is 2.61. The summed E-state index contributed by atoms with van der Waals surface area (Å²) >= 11 is 0. The molecular weight excluding hydrogens is 214 g/mol. The Morgan fingerprint density at radius 3 is 2.47 bits per heavy atom. The smallest absolute Gasteiger partial charge is 0.0938 e. The van der Waals surface area contributed by atoms with Gasteiger partial charge in [-0.2, -0.15) is 0 Å². The molecule has 4 nitrogen and oxygen atoms in total. The van der Waals surface area contributed by atoms with E-state index in [1.807, 2.05) is 0 Å². The minimum atomic E-state index is 0.329. The van der Waals surface area contributed by atoms with E-state index >= 15 is 0 Å². The molecule has 4 fully saturated rings. The van der Waals surface area contributed by atoms with Crippen LogP contribution in [0.3, 0.4) is 0 Å². The van der Waals surface area contributed by atoms with E-state index in [0.29, 0.717) is 23.1 Å². The molecule has 3 N–H and O–H groups in total. The Balaban J connectivity index is 1.51. The van der Waals surface area contributed by atoms with Gasteiger partial charge in [-0.25, -0.2) is 0 Å². The zero-order valence-electron chi connectivity index (χ0n) is 10.4. The molecular formula is C13H23N3O. The third kappa shape index (κ3) is 1.38. The van der Waals surface area contributed by atoms with Gasteiger partial charge in [0.05, 0.1) is 18.2 Å². The number of rotatable bonds is 1. The van der Waals surface area contributed by atoms with Crippen molar-refractivity contribution in [1.29, 1.82) is 0 Å². The van der Waals surface area contributed by atoms with Gasteiger partial charge in [0.25, 0.3) is 0 Å². The minimum Gasteiger partial charge on any atom is -0.373 e. The van der Waals surface area contributed by atoms with Crippen molar-refractivity contribution in [2.24, 2.45) is 5.41 Å². The van der Waals surface area contributed by atoms with Gasteiger partial charge in [0, 0.05) is 18.0 Å². The molecule has 4 aliphatic heterocycles. The fourth-order valence-electron chi connectivity index (χ4n) is 4.34. The van der Waals surface area contributed by atoms with Crippen LogP contribution in [-0.2, 0) is 4.74 Å². The maximum absolute atomic E-state index is 5.95. The molecule has 0 aromatic carbocycles. The second kappa shape index (κ2) is 3.67. The number of piperidine rings is 1. The summed E-state index contributed by atoms with van der Waals surface area (Å²) in [5.41, 5.74) is 0.865. The Morgan fingerprint density at radius 2 is 1.94 bits per heavy atom. The van der Waals surface area contributed by atoms with Crippen molar-refractivity contribution < 1.29 is 4.74 Å². The predicted molar refractivity (Wildman–Crippen MR) is 66.0 cm³/mol. The Labute approximate surface area is 103 Å². The van der Waals surface area contributed by atoms with Crippen molar-refractivity contribution >= 4 is 0 Å². The van der Waals surface area contributed by atoms with E-state index in [4.69, 9.17) is 4.74 Å². The third-order valence-electron chi connectivity index (χ3n) is 5.58. The molecule has 96 valence electrons. The quantitative estimate of drug-likeness (QED) is 0.593. The first-order valence-electron chi connectivity index (χ1n) is 7.16. The van der Waals surface area contributed by atoms with Crippen LogP contribution in [0.15, 0.2) is 0 Å². The Hall–Kier alpha value is -0.160. The summed E-state index contributed by atoms with van der Waals surface area (Å²) in [6, 6.07) is 0.601. The van der Waals surface area contributed by atoms with Gasteiger partial charge >= 0.3 is 0 Å². The number of hydrogen-bond acceptors (Lipinski definition) is 4. The molecule has 0 aromatic rings. The van der Waals surface area contributed by atoms with Crippen LogP contribution in [0, 0.1) is 5.41 Å². The molecule has 4 rings (SSSR count). The van der Waals surface area contributed by atoms with Crippen molar-refractivity contribution in [3.05, 3.63) is 0 Å². The van der Waals surface area contributed by atoms with Crippen molar-refractivity contribution in [3.8, 4) is 0 Å². The lowest BCUT2D eigenvalue weighted by atomic mass is 9.61. The van der Waals surface area contributed by atoms with Gasteiger partial charge in [-0.15, -0.1) is 0 Å². The molecule has 0 saturated carbocycles. The summed E-state index contributed by atoms with van der Waals surface area (Å²) in [6.45, 7) is 5.69. The molecule has 4 heterocycles. The Kier molecular flexibility index (Phi) is 2.32. The summed E-state index contributed by atoms with van der Waals surface area (Å²) in [7, 11) is 0. The summed E-state index contributed by atoms with van der Waals surface area (Å²) in [4.78, 5) is 0. The average Bonchev–Trinajstić information content (AvgIpc) is 2.86. The predicted octanol–water partition coefficient (Wildman–Crippen LogP) is -0.151. The van der Waals surface area contributed by atoms with Gasteiger partial charge in [-0.05, 0) is 45.3 Å². The summed E-state index contributed by atoms with van der Waals surface area (Å²) in [6.07, 6.45) is 5.70. The molecule has 2 spiro atoms. The molecule has 3 atom stereocenters. The Morgan fingerprint density at radius 1 is 1.06 bits per heavy atom. The van der Waals surface area contributed by atoms with Crippen molar-refractivity contribution in [2.45, 2.75) is 43.4 Å². The zero-order chi connectivity index (χ0) is 11.3. The molecule has 0 bridgehead atoms. The molecule has 4 heteroatoms. The third-order valence-corrected chi connectivity index (χ3v) is 5.58. The van der Waals surface area contributed by atoms with Crippen molar-refractivity contribution in [3.63, 3.8) is 0 Å². The van der Waals surface area contributed by atoms with E-state index in [1.54, 1.807) is 0 Å². The fourth-order valence-corrected chi connectivity index (χ4v) is 4.34. The Bertz CT molecular complexity index is 308. The lowest BCUT2D eigenvalue weighted by molar-refractivity contribution is -0.197. The molecule has 0 aromatic heterocycles. The summed E-state index contributed by atoms with van der Waals surface area (Å²) in [5.74, 6) is 0. The molecule has 0 aliphatic carbocycles. The summed E-state index contributed by atoms with van der Waals surface area (Å²) in [5, 5.41) is 10.9. The average molecular weight is 237 g/mol. The summed E-state index contributed by atoms with van der Waals surface area (Å²) < 4.78 is 5.95. The maximum atomic E-state index is 5.95. The van der Waals surface area contributed by atoms with Crippen LogP contribution in [0.25, 0.3) is 0 Å². The standard InChI is InChI=1S/C13H23N3O/c1-2-13(16-5-1)9-17-11(13)10-12(8-15-10)3-6-14-7-4-12/h10-11,14-16H,1-9H2. The van der Waals surface area contributed by atoms with Crippen molar-refractivity contribution in [2.75, 3.05) is 32.8 Å². The van der Waals surface area contributed by atoms with E-state index < -0.39 is 0 Å². The second-order valence-electron chi connectivity index (χ2n) is 6.39. The molecule has 0 radical (unpaired) electrons. The normalized spacial score (nSPS) is 48.0. The molecule has 4 aliphatic rings. The SMILES string of the molecule is C1CNC2(C1)COC2C1NCC12CCNCC2. The van der Waals surface area contributed by atoms with Gasteiger partial charge in [0.15, 0.2) is 0 Å². The van der Waals surface area contributed by atoms with Crippen molar-refractivity contribution in [1.82, 2.24) is 16.0 Å². The maximum Gasteiger partial charge on any atom is 0.0938 e. The second-order valence-corrected chi connectivity index (χ2v) is 6.39. The molecule has 0 amide bonds. The van der Waals surface area contributed by atoms with Crippen LogP contribution >= 0.6 is 0 Å². The van der Waals surface area contributed by atoms with Crippen LogP contribution in [0.4, 0.5) is 0 Å². The van der Waals surface area contributed by atoms with Gasteiger partial charge in [-0.3, -0.25) is 0 Å². The van der Waals surface area contributed by atoms with Gasteiger partial charge in [-0.1, -0.05) is 0 Å². The lowest BCUT2D eigenvalue weighted by Gasteiger charge is -2.62. The van der Waals surface area contributed by atoms with E-state index in [9.17, 15) is 0 Å². The van der Waals surface area contributed by atoms with Crippen LogP contribution in [0.1, 0.15) is 25.7 Å². The largest absolute Gasteiger partial charge is 0.373 e. The zero-order valence-corrected chi connectivity index (χ0v) is 10.4. The van der Waals surface area contributed by atoms with Gasteiger partial charge in [0.2, 0.25) is 0 Å². The highest BCUT2D eigenvalue weighted by atomic mass is 16.5. The highest BCUT2D eigenvalue weighted by molar-refractivity contribution is 5.18. The monoisotopic (exact) mass is 237 g/mol. The van der Waals surface area contributed by atoms with Crippen LogP contribution in [-0.4, -0.2) is 50.5 Å². The minimum absolute atomic E-state index is 0.329. The number of hydrogen-bond donors (Lipinski definition) is 3. The lowest BCUT2D eigenvalue weighted by Crippen LogP contribution is -2.79. The van der Waals surface area contributed by atoms with E-state index in [2.05, 4.69) is 16.0 Å². The van der Waals surface area contributed by atoms with Crippen LogP contribution in [0.5, 0.6) is 0 Å². The number of ether oxygens (including phenoxy) is 1. The van der Waals surface area contributed by atoms with Crippen LogP contribution in [0.2, 0.25) is 0 Å². The highest BCUT2D eigenvalue weighted by Crippen LogP contribution is 2.47. The molecule has 4 saturated heterocycles. The van der Waals surface area contributed by atoms with Gasteiger partial charge in [0.1, 0.15) is 0 Å². The van der Waals surface area contributed by atoms with Gasteiger partial charge < -0.3 is 20.7 Å². The first kappa shape index (κ1) is 10.7.